The van der Waals surface area contributed by atoms with Crippen molar-refractivity contribution in [1.82, 2.24) is 21.3 Å². The molecule has 0 heterocycles. The van der Waals surface area contributed by atoms with Gasteiger partial charge in [0.15, 0.2) is 0 Å². The molecule has 0 fully saturated rings. The van der Waals surface area contributed by atoms with Crippen molar-refractivity contribution in [2.45, 2.75) is 83.0 Å². The summed E-state index contributed by atoms with van der Waals surface area (Å²) in [5.74, 6) is -4.51. The van der Waals surface area contributed by atoms with E-state index in [0.29, 0.717) is 17.9 Å². The molecular weight excluding hydrogens is 628 g/mol. The average Bonchev–Trinajstić information content (AvgIpc) is 3.00. The maximum atomic E-state index is 13.1. The summed E-state index contributed by atoms with van der Waals surface area (Å²) in [5, 5.41) is 28.9. The molecular formula is C32H44N6O10. The van der Waals surface area contributed by atoms with Gasteiger partial charge in [-0.3, -0.25) is 24.0 Å². The number of aliphatic hydroxyl groups excluding tert-OH is 2. The maximum Gasteiger partial charge on any atom is 0.408 e. The van der Waals surface area contributed by atoms with E-state index in [1.54, 1.807) is 45.0 Å². The lowest BCUT2D eigenvalue weighted by atomic mass is 10.0. The molecule has 2 aromatic carbocycles. The Morgan fingerprint density at radius 2 is 1.33 bits per heavy atom. The van der Waals surface area contributed by atoms with Crippen molar-refractivity contribution in [3.8, 4) is 5.75 Å². The van der Waals surface area contributed by atoms with Gasteiger partial charge in [-0.2, -0.15) is 0 Å². The van der Waals surface area contributed by atoms with Crippen LogP contribution in [0.1, 0.15) is 45.2 Å². The third-order valence-electron chi connectivity index (χ3n) is 6.56. The SMILES string of the molecule is C[C@H](O)[C@H](NC(=O)OC(C)(C)C)C(=O)N[C@H](CC(N)=O)C(=O)N[C@H](CO)C(=O)N[C@H](Cc1ccc(OCc2ccccc2)cc1)C(N)=O. The fraction of sp³-hybridized carbons (Fsp3) is 0.438. The van der Waals surface area contributed by atoms with E-state index in [9.17, 15) is 39.0 Å². The Morgan fingerprint density at radius 1 is 0.771 bits per heavy atom. The number of rotatable bonds is 17. The Hall–Kier alpha value is -5.22. The fourth-order valence-corrected chi connectivity index (χ4v) is 4.17. The summed E-state index contributed by atoms with van der Waals surface area (Å²) in [6.07, 6.45) is -3.27. The number of aliphatic hydroxyl groups is 2. The predicted octanol–water partition coefficient (Wildman–Crippen LogP) is -1.11. The molecule has 0 unspecified atom stereocenters. The Morgan fingerprint density at radius 3 is 1.85 bits per heavy atom. The quantitative estimate of drug-likeness (QED) is 0.100. The van der Waals surface area contributed by atoms with Gasteiger partial charge in [-0.25, -0.2) is 4.79 Å². The second-order valence-electron chi connectivity index (χ2n) is 11.9. The van der Waals surface area contributed by atoms with Gasteiger partial charge in [-0.05, 0) is 51.0 Å². The lowest BCUT2D eigenvalue weighted by molar-refractivity contribution is -0.135. The van der Waals surface area contributed by atoms with Crippen LogP contribution < -0.4 is 37.5 Å². The van der Waals surface area contributed by atoms with Crippen LogP contribution in [0, 0.1) is 0 Å². The van der Waals surface area contributed by atoms with E-state index in [4.69, 9.17) is 20.9 Å². The second kappa shape index (κ2) is 18.2. The molecule has 5 atom stereocenters. The summed E-state index contributed by atoms with van der Waals surface area (Å²) >= 11 is 0. The summed E-state index contributed by atoms with van der Waals surface area (Å²) in [7, 11) is 0. The summed E-state index contributed by atoms with van der Waals surface area (Å²) in [4.78, 5) is 75.1. The average molecular weight is 673 g/mol. The van der Waals surface area contributed by atoms with Crippen LogP contribution in [0.3, 0.4) is 0 Å². The van der Waals surface area contributed by atoms with E-state index in [1.165, 1.54) is 6.92 Å². The molecule has 0 saturated carbocycles. The second-order valence-corrected chi connectivity index (χ2v) is 11.9. The highest BCUT2D eigenvalue weighted by atomic mass is 16.6. The first kappa shape index (κ1) is 39.0. The van der Waals surface area contributed by atoms with Crippen molar-refractivity contribution in [2.24, 2.45) is 11.5 Å². The van der Waals surface area contributed by atoms with Crippen LogP contribution in [0.2, 0.25) is 0 Å². The third kappa shape index (κ3) is 13.6. The Labute approximate surface area is 277 Å². The molecule has 2 aromatic rings. The number of hydrogen-bond acceptors (Lipinski definition) is 10. The van der Waals surface area contributed by atoms with Gasteiger partial charge in [0.05, 0.1) is 19.1 Å². The number of carbonyl (C=O) groups excluding carboxylic acids is 6. The van der Waals surface area contributed by atoms with E-state index in [-0.39, 0.29) is 6.42 Å². The van der Waals surface area contributed by atoms with E-state index in [1.807, 2.05) is 30.3 Å². The minimum Gasteiger partial charge on any atom is -0.489 e. The van der Waals surface area contributed by atoms with Crippen LogP contribution in [-0.2, 0) is 41.7 Å². The van der Waals surface area contributed by atoms with Gasteiger partial charge in [-0.1, -0.05) is 42.5 Å². The molecule has 0 aromatic heterocycles. The number of carbonyl (C=O) groups is 6. The van der Waals surface area contributed by atoms with Crippen molar-refractivity contribution in [2.75, 3.05) is 6.61 Å². The van der Waals surface area contributed by atoms with Crippen molar-refractivity contribution in [1.29, 1.82) is 0 Å². The van der Waals surface area contributed by atoms with Gasteiger partial charge in [0, 0.05) is 6.42 Å². The van der Waals surface area contributed by atoms with Gasteiger partial charge >= 0.3 is 6.09 Å². The van der Waals surface area contributed by atoms with E-state index >= 15 is 0 Å². The normalized spacial score (nSPS) is 14.2. The first-order valence-corrected chi connectivity index (χ1v) is 15.0. The predicted molar refractivity (Wildman–Crippen MR) is 172 cm³/mol. The summed E-state index contributed by atoms with van der Waals surface area (Å²) in [6, 6.07) is 10.1. The number of nitrogens with two attached hydrogens (primary N) is 2. The summed E-state index contributed by atoms with van der Waals surface area (Å²) in [5.41, 5.74) is 11.4. The largest absolute Gasteiger partial charge is 0.489 e. The molecule has 0 aliphatic rings. The van der Waals surface area contributed by atoms with Gasteiger partial charge in [-0.15, -0.1) is 0 Å². The van der Waals surface area contributed by atoms with E-state index in [2.05, 4.69) is 21.3 Å². The van der Waals surface area contributed by atoms with E-state index in [0.717, 1.165) is 5.56 Å². The fourth-order valence-electron chi connectivity index (χ4n) is 4.17. The number of primary amides is 2. The highest BCUT2D eigenvalue weighted by Crippen LogP contribution is 2.16. The number of alkyl carbamates (subject to hydrolysis) is 1. The zero-order chi connectivity index (χ0) is 36.0. The first-order chi connectivity index (χ1) is 22.5. The molecule has 0 radical (unpaired) electrons. The monoisotopic (exact) mass is 672 g/mol. The van der Waals surface area contributed by atoms with Crippen molar-refractivity contribution >= 4 is 35.6 Å². The number of amides is 6. The molecule has 0 saturated heterocycles. The van der Waals surface area contributed by atoms with Crippen LogP contribution in [0.5, 0.6) is 5.75 Å². The Balaban J connectivity index is 2.06. The zero-order valence-electron chi connectivity index (χ0n) is 27.2. The lowest BCUT2D eigenvalue weighted by Crippen LogP contribution is -2.60. The lowest BCUT2D eigenvalue weighted by Gasteiger charge is -2.27. The number of ether oxygens (including phenoxy) is 2. The topological polar surface area (TPSA) is 262 Å². The molecule has 0 aliphatic heterocycles. The number of hydrogen-bond donors (Lipinski definition) is 8. The zero-order valence-corrected chi connectivity index (χ0v) is 27.2. The van der Waals surface area contributed by atoms with Crippen LogP contribution in [-0.4, -0.2) is 88.3 Å². The minimum absolute atomic E-state index is 0.0299. The molecule has 0 bridgehead atoms. The molecule has 48 heavy (non-hydrogen) atoms. The highest BCUT2D eigenvalue weighted by Gasteiger charge is 2.34. The Bertz CT molecular complexity index is 1410. The highest BCUT2D eigenvalue weighted by molar-refractivity contribution is 5.97. The van der Waals surface area contributed by atoms with Crippen LogP contribution in [0.15, 0.2) is 54.6 Å². The van der Waals surface area contributed by atoms with Crippen molar-refractivity contribution in [3.05, 3.63) is 65.7 Å². The maximum absolute atomic E-state index is 13.1. The molecule has 0 aliphatic carbocycles. The molecule has 16 heteroatoms. The Kier molecular flexibility index (Phi) is 14.8. The van der Waals surface area contributed by atoms with Crippen LogP contribution in [0.25, 0.3) is 0 Å². The standard InChI is InChI=1S/C32H44N6O10/c1-18(40)26(38-31(46)48-32(2,3)4)30(45)36-23(15-25(33)41)28(43)37-24(16-39)29(44)35-22(27(34)42)14-19-10-12-21(13-11-19)47-17-20-8-6-5-7-9-20/h5-13,18,22-24,26,39-40H,14-17H2,1-4H3,(H2,33,41)(H2,34,42)(H,35,44)(H,36,45)(H,37,43)(H,38,46)/t18-,22+,23+,24+,26-/m0/s1. The summed E-state index contributed by atoms with van der Waals surface area (Å²) in [6.45, 7) is 5.35. The van der Waals surface area contributed by atoms with Gasteiger partial charge in [0.2, 0.25) is 29.5 Å². The molecule has 262 valence electrons. The van der Waals surface area contributed by atoms with Crippen LogP contribution in [0.4, 0.5) is 4.79 Å². The number of benzene rings is 2. The third-order valence-corrected chi connectivity index (χ3v) is 6.56. The van der Waals surface area contributed by atoms with Gasteiger partial charge in [0.1, 0.15) is 42.1 Å². The molecule has 6 amide bonds. The summed E-state index contributed by atoms with van der Waals surface area (Å²) < 4.78 is 10.8. The van der Waals surface area contributed by atoms with Crippen molar-refractivity contribution < 1.29 is 48.5 Å². The molecule has 16 nitrogen and oxygen atoms in total. The molecule has 10 N–H and O–H groups in total. The minimum atomic E-state index is -1.69. The van der Waals surface area contributed by atoms with E-state index < -0.39 is 84.5 Å². The smallest absolute Gasteiger partial charge is 0.408 e. The van der Waals surface area contributed by atoms with Crippen LogP contribution >= 0.6 is 0 Å². The van der Waals surface area contributed by atoms with Crippen molar-refractivity contribution in [3.63, 3.8) is 0 Å². The molecule has 2 rings (SSSR count). The van der Waals surface area contributed by atoms with Gasteiger partial charge in [0.25, 0.3) is 0 Å². The first-order valence-electron chi connectivity index (χ1n) is 15.0. The molecule has 0 spiro atoms. The van der Waals surface area contributed by atoms with Gasteiger partial charge < -0.3 is 52.4 Å². The number of nitrogens with one attached hydrogen (secondary N) is 4.